The van der Waals surface area contributed by atoms with Crippen molar-refractivity contribution in [2.24, 2.45) is 22.3 Å². The van der Waals surface area contributed by atoms with Crippen molar-refractivity contribution in [2.45, 2.75) is 151 Å². The molecule has 0 atom stereocenters. The molecular weight excluding hydrogens is 389 g/mol. The van der Waals surface area contributed by atoms with Crippen LogP contribution in [0.25, 0.3) is 0 Å². The van der Waals surface area contributed by atoms with Gasteiger partial charge in [0, 0.05) is 5.41 Å². The Morgan fingerprint density at radius 3 is 1.42 bits per heavy atom. The molecule has 0 saturated carbocycles. The van der Waals surface area contributed by atoms with Gasteiger partial charge in [0.05, 0.1) is 12.1 Å². The second kappa shape index (κ2) is 16.8. The van der Waals surface area contributed by atoms with Crippen LogP contribution in [0, 0.1) is 10.8 Å². The number of hydrogen-bond donors (Lipinski definition) is 2. The molecule has 0 aliphatic heterocycles. The fraction of sp³-hybridized carbons (Fsp3) is 0.963. The minimum atomic E-state index is -0.0973. The van der Waals surface area contributed by atoms with Crippen molar-refractivity contribution in [3.8, 4) is 0 Å². The van der Waals surface area contributed by atoms with Crippen LogP contribution in [-0.4, -0.2) is 22.6 Å². The fourth-order valence-corrected chi connectivity index (χ4v) is 4.78. The summed E-state index contributed by atoms with van der Waals surface area (Å²) in [5.41, 5.74) is 12.7. The number of hydrogen-bond acceptors (Lipinski definition) is 0. The average molecular weight is 448 g/mol. The third-order valence-electron chi connectivity index (χ3n) is 8.35. The van der Waals surface area contributed by atoms with Crippen LogP contribution in [0.15, 0.2) is 0 Å². The normalized spacial score (nSPS) is 12.5. The molecule has 0 aromatic heterocycles. The molecule has 0 heterocycles. The van der Waals surface area contributed by atoms with Gasteiger partial charge in [-0.3, -0.25) is 16.0 Å². The Balaban J connectivity index is 0. The average Bonchev–Trinajstić information content (AvgIpc) is 2.65. The summed E-state index contributed by atoms with van der Waals surface area (Å²) in [5, 5.41) is 0. The minimum absolute atomic E-state index is 0. The van der Waals surface area contributed by atoms with E-state index in [1.807, 2.05) is 0 Å². The molecule has 3 nitrogen and oxygen atoms in total. The standard InChI is InChI=1S/C27H57N3.Na/c1-9-11-13-15-16-17-19-21-23-30(24(28)29)27(7,8)26(5,6)25(3,4)22-20-18-14-12-10-2;/h9-23H2,1-8H3,(H3,28,29);/q;+1/p+1. The van der Waals surface area contributed by atoms with E-state index in [0.29, 0.717) is 5.96 Å². The summed E-state index contributed by atoms with van der Waals surface area (Å²) in [6, 6.07) is 0. The van der Waals surface area contributed by atoms with E-state index in [1.165, 1.54) is 89.9 Å². The predicted molar refractivity (Wildman–Crippen MR) is 136 cm³/mol. The molecule has 180 valence electrons. The van der Waals surface area contributed by atoms with Crippen molar-refractivity contribution in [1.29, 1.82) is 0 Å². The molecule has 4 heteroatoms. The maximum Gasteiger partial charge on any atom is 1.00 e. The number of guanidine groups is 1. The van der Waals surface area contributed by atoms with E-state index in [2.05, 4.69) is 60.0 Å². The quantitative estimate of drug-likeness (QED) is 0.106. The van der Waals surface area contributed by atoms with Crippen molar-refractivity contribution in [3.63, 3.8) is 0 Å². The molecule has 0 aromatic carbocycles. The smallest absolute Gasteiger partial charge is 0.291 e. The first kappa shape index (κ1) is 33.4. The predicted octanol–water partition coefficient (Wildman–Crippen LogP) is 4.61. The third kappa shape index (κ3) is 11.3. The van der Waals surface area contributed by atoms with Crippen LogP contribution in [0.5, 0.6) is 0 Å². The molecule has 0 saturated heterocycles. The van der Waals surface area contributed by atoms with E-state index in [-0.39, 0.29) is 45.9 Å². The van der Waals surface area contributed by atoms with Crippen molar-refractivity contribution >= 4 is 5.96 Å². The summed E-state index contributed by atoms with van der Waals surface area (Å²) in [4.78, 5) is 0. The Morgan fingerprint density at radius 2 is 1.00 bits per heavy atom. The monoisotopic (exact) mass is 447 g/mol. The zero-order valence-electron chi connectivity index (χ0n) is 23.2. The fourth-order valence-electron chi connectivity index (χ4n) is 4.78. The van der Waals surface area contributed by atoms with E-state index in [4.69, 9.17) is 11.5 Å². The second-order valence-corrected chi connectivity index (χ2v) is 11.3. The maximum absolute atomic E-state index is 6.23. The SMILES string of the molecule is CCCCCCCCCC[N+](=C(N)N)C(C)(C)C(C)(C)C(C)(C)CCCCCCC.[Na+]. The van der Waals surface area contributed by atoms with Crippen LogP contribution in [-0.2, 0) is 0 Å². The van der Waals surface area contributed by atoms with Gasteiger partial charge in [-0.25, -0.2) is 0 Å². The molecule has 4 N–H and O–H groups in total. The molecular formula is C27H58N3Na+2. The van der Waals surface area contributed by atoms with Crippen LogP contribution in [0.4, 0.5) is 0 Å². The van der Waals surface area contributed by atoms with Crippen LogP contribution in [0.3, 0.4) is 0 Å². The molecule has 0 aliphatic carbocycles. The van der Waals surface area contributed by atoms with Gasteiger partial charge in [0.1, 0.15) is 0 Å². The van der Waals surface area contributed by atoms with Crippen molar-refractivity contribution in [2.75, 3.05) is 6.54 Å². The summed E-state index contributed by atoms with van der Waals surface area (Å²) >= 11 is 0. The van der Waals surface area contributed by atoms with Gasteiger partial charge in [0.2, 0.25) is 0 Å². The van der Waals surface area contributed by atoms with Gasteiger partial charge in [-0.05, 0) is 32.1 Å². The molecule has 0 fully saturated rings. The third-order valence-corrected chi connectivity index (χ3v) is 8.35. The molecule has 0 unspecified atom stereocenters. The van der Waals surface area contributed by atoms with Gasteiger partial charge in [-0.15, -0.1) is 0 Å². The van der Waals surface area contributed by atoms with Crippen molar-refractivity contribution in [3.05, 3.63) is 0 Å². The zero-order chi connectivity index (χ0) is 23.3. The first-order valence-electron chi connectivity index (χ1n) is 13.1. The Labute approximate surface area is 218 Å². The number of unbranched alkanes of at least 4 members (excludes halogenated alkanes) is 11. The summed E-state index contributed by atoms with van der Waals surface area (Å²) in [6.45, 7) is 19.9. The molecule has 0 radical (unpaired) electrons. The Morgan fingerprint density at radius 1 is 0.613 bits per heavy atom. The Hall–Kier alpha value is 0.270. The van der Waals surface area contributed by atoms with E-state index in [9.17, 15) is 0 Å². The first-order valence-corrected chi connectivity index (χ1v) is 13.1. The number of nitrogens with two attached hydrogens (primary N) is 2. The topological polar surface area (TPSA) is 55.0 Å². The summed E-state index contributed by atoms with van der Waals surface area (Å²) in [6.07, 6.45) is 18.6. The molecule has 0 bridgehead atoms. The Kier molecular flexibility index (Phi) is 18.1. The number of rotatable bonds is 18. The molecule has 0 amide bonds. The van der Waals surface area contributed by atoms with Crippen LogP contribution >= 0.6 is 0 Å². The maximum atomic E-state index is 6.23. The van der Waals surface area contributed by atoms with Gasteiger partial charge in [-0.1, -0.05) is 119 Å². The molecule has 0 aromatic rings. The van der Waals surface area contributed by atoms with E-state index in [1.54, 1.807) is 0 Å². The van der Waals surface area contributed by atoms with Crippen molar-refractivity contribution < 1.29 is 34.1 Å². The van der Waals surface area contributed by atoms with Gasteiger partial charge in [-0.2, -0.15) is 0 Å². The molecule has 0 aliphatic rings. The summed E-state index contributed by atoms with van der Waals surface area (Å²) in [7, 11) is 0. The first-order chi connectivity index (χ1) is 14.0. The van der Waals surface area contributed by atoms with Gasteiger partial charge < -0.3 is 0 Å². The molecule has 0 spiro atoms. The van der Waals surface area contributed by atoms with E-state index < -0.39 is 0 Å². The minimum Gasteiger partial charge on any atom is -0.291 e. The summed E-state index contributed by atoms with van der Waals surface area (Å²) in [5.74, 6) is 0.481. The van der Waals surface area contributed by atoms with Gasteiger partial charge in [0.15, 0.2) is 0 Å². The van der Waals surface area contributed by atoms with E-state index in [0.717, 1.165) is 6.54 Å². The van der Waals surface area contributed by atoms with Crippen molar-refractivity contribution in [1.82, 2.24) is 0 Å². The van der Waals surface area contributed by atoms with Crippen LogP contribution in [0.2, 0.25) is 0 Å². The van der Waals surface area contributed by atoms with Crippen LogP contribution < -0.4 is 41.0 Å². The van der Waals surface area contributed by atoms with Crippen LogP contribution in [0.1, 0.15) is 145 Å². The molecule has 31 heavy (non-hydrogen) atoms. The zero-order valence-corrected chi connectivity index (χ0v) is 25.2. The van der Waals surface area contributed by atoms with Gasteiger partial charge >= 0.3 is 35.5 Å². The summed E-state index contributed by atoms with van der Waals surface area (Å²) < 4.78 is 2.29. The second-order valence-electron chi connectivity index (χ2n) is 11.3. The van der Waals surface area contributed by atoms with E-state index >= 15 is 0 Å². The largest absolute Gasteiger partial charge is 1.00 e. The molecule has 0 rings (SSSR count). The Bertz CT molecular complexity index is 477. The van der Waals surface area contributed by atoms with Gasteiger partial charge in [0.25, 0.3) is 0 Å². The number of nitrogens with zero attached hydrogens (tertiary/aromatic N) is 1.